The highest BCUT2D eigenvalue weighted by Gasteiger charge is 2.23. The van der Waals surface area contributed by atoms with E-state index < -0.39 is 30.2 Å². The molecule has 26 aromatic rings. The molecule has 2 heteroatoms. The summed E-state index contributed by atoms with van der Waals surface area (Å²) in [5.74, 6) is 0. The molecule has 0 amide bonds. The Hall–Kier alpha value is -16.8. The van der Waals surface area contributed by atoms with E-state index in [0.717, 1.165) is 181 Å². The van der Waals surface area contributed by atoms with Crippen molar-refractivity contribution >= 4 is 141 Å². The lowest BCUT2D eigenvalue weighted by Gasteiger charge is -2.19. The summed E-state index contributed by atoms with van der Waals surface area (Å²) in [4.78, 5) is 0. The standard InChI is InChI=1S/C64H40O.C62H38O/c1-3-15-42(16-4-1)51-27-14-28-57-60-38-47(34-36-61(60)65-64(51)57)46-21-13-20-45(37-46)41-29-31-43(32-30-41)58-39-48-19-7-8-22-50(48)59-40-49(33-35-52(58)59)63-55-25-11-9-23-53(55)62(44-17-5-2-6-18-44)54-24-10-12-26-56(54)63;1-2-14-40(15-3-1)61-53-21-8-10-23-55(53)62(56-24-11-9-22-54(56)61)41-28-26-39(27-29-41)57-38-44-36-42(30-32-47(44)50-18-6-7-19-51(50)57)45-33-34-46(49-17-5-4-16-48(45)49)43-31-35-60-58(37-43)52-20-12-13-25-59(52)63-60/h1-40H;1-38H/i1D,2D,3D,4D,5D,6D,15D,16D,17D,18D;1D,2D,3D,14D,15D. The van der Waals surface area contributed by atoms with Crippen LogP contribution in [-0.2, 0) is 0 Å². The van der Waals surface area contributed by atoms with Gasteiger partial charge in [-0.25, -0.2) is 0 Å². The maximum atomic E-state index is 8.99. The van der Waals surface area contributed by atoms with Crippen LogP contribution in [0, 0.1) is 0 Å². The third kappa shape index (κ3) is 12.5. The summed E-state index contributed by atoms with van der Waals surface area (Å²) in [5, 5.41) is 22.4. The molecule has 26 rings (SSSR count). The first-order valence-electron chi connectivity index (χ1n) is 50.4. The van der Waals surface area contributed by atoms with E-state index >= 15 is 0 Å². The van der Waals surface area contributed by atoms with Gasteiger partial charge in [0.2, 0.25) is 0 Å². The van der Waals surface area contributed by atoms with Crippen LogP contribution in [0.3, 0.4) is 0 Å². The lowest BCUT2D eigenvalue weighted by molar-refractivity contribution is 0.669. The molecule has 0 atom stereocenters. The van der Waals surface area contributed by atoms with Gasteiger partial charge in [-0.2, -0.15) is 0 Å². The predicted molar refractivity (Wildman–Crippen MR) is 545 cm³/mol. The maximum absolute atomic E-state index is 8.99. The summed E-state index contributed by atoms with van der Waals surface area (Å²) in [5.41, 5.74) is 22.3. The van der Waals surface area contributed by atoms with Crippen LogP contribution >= 0.6 is 0 Å². The largest absolute Gasteiger partial charge is 0.456 e. The van der Waals surface area contributed by atoms with Crippen molar-refractivity contribution < 1.29 is 29.4 Å². The van der Waals surface area contributed by atoms with Crippen LogP contribution in [0.5, 0.6) is 0 Å². The lowest BCUT2D eigenvalue weighted by atomic mass is 9.84. The predicted octanol–water partition coefficient (Wildman–Crippen LogP) is 35.9. The first-order chi connectivity index (χ1) is 69.7. The molecular weight excluding hydrogens is 1550 g/mol. The minimum absolute atomic E-state index is 0.105. The van der Waals surface area contributed by atoms with Gasteiger partial charge in [-0.05, 0) is 274 Å². The number of furan rings is 2. The molecule has 0 aliphatic rings. The second-order valence-electron chi connectivity index (χ2n) is 32.7. The number of fused-ring (bicyclic) bond motifs is 17. The summed E-state index contributed by atoms with van der Waals surface area (Å²) in [7, 11) is 0. The zero-order chi connectivity index (χ0) is 97.3. The van der Waals surface area contributed by atoms with E-state index in [1.807, 2.05) is 109 Å². The van der Waals surface area contributed by atoms with Crippen LogP contribution in [-0.4, -0.2) is 0 Å². The SMILES string of the molecule is [2H]c1c([2H])c([2H])c(-c2c3ccccc3c(-c3ccc(-c4cc5cc(-c6ccc(-c7ccc8oc9ccccc9c8c7)c7ccccc67)ccc5c5ccccc45)cc3)c3ccccc23)c([2H])c1[2H].[2H]c1c([2H])c([2H])c(-c2c3ccccc3c(-c3ccc4c(-c5ccc(-c6cccc(-c7ccc8oc9c(-c%10c([2H])c([2H])c([2H])c([2H])c%10[2H])cccc9c8c7)c6)cc5)cc5ccccc5c4c3)c3ccccc23)c([2H])c1[2H]. The van der Waals surface area contributed by atoms with Gasteiger partial charge in [0, 0.05) is 27.1 Å². The highest BCUT2D eigenvalue weighted by atomic mass is 16.3. The van der Waals surface area contributed by atoms with Crippen LogP contribution in [0.2, 0.25) is 0 Å². The van der Waals surface area contributed by atoms with Crippen LogP contribution in [0.15, 0.2) is 482 Å². The van der Waals surface area contributed by atoms with Gasteiger partial charge in [-0.1, -0.05) is 412 Å². The van der Waals surface area contributed by atoms with Crippen molar-refractivity contribution in [1.82, 2.24) is 0 Å². The van der Waals surface area contributed by atoms with Crippen molar-refractivity contribution in [2.75, 3.05) is 0 Å². The normalized spacial score (nSPS) is 13.4. The summed E-state index contributed by atoms with van der Waals surface area (Å²) in [6, 6.07) is 127. The Balaban J connectivity index is 0.000000151. The van der Waals surface area contributed by atoms with Gasteiger partial charge in [0.25, 0.3) is 0 Å². The molecule has 24 aromatic carbocycles. The summed E-state index contributed by atoms with van der Waals surface area (Å²) in [6.07, 6.45) is 0. The quantitative estimate of drug-likeness (QED) is 0.0953. The van der Waals surface area contributed by atoms with Gasteiger partial charge in [-0.3, -0.25) is 0 Å². The summed E-state index contributed by atoms with van der Waals surface area (Å²) < 4.78 is 141. The number of benzene rings is 24. The topological polar surface area (TPSA) is 26.3 Å². The maximum Gasteiger partial charge on any atom is 0.143 e. The van der Waals surface area contributed by atoms with Crippen LogP contribution in [0.4, 0.5) is 0 Å². The van der Waals surface area contributed by atoms with Crippen LogP contribution < -0.4 is 0 Å². The summed E-state index contributed by atoms with van der Waals surface area (Å²) in [6.45, 7) is 0. The molecule has 0 aliphatic heterocycles. The molecule has 0 unspecified atom stereocenters. The molecule has 0 saturated carbocycles. The molecule has 0 spiro atoms. The Labute approximate surface area is 761 Å². The molecule has 594 valence electrons. The third-order valence-corrected chi connectivity index (χ3v) is 25.8. The van der Waals surface area contributed by atoms with Gasteiger partial charge in [0.1, 0.15) is 22.3 Å². The van der Waals surface area contributed by atoms with E-state index in [9.17, 15) is 0 Å². The molecular formula is C126H78O2. The van der Waals surface area contributed by atoms with Crippen molar-refractivity contribution in [1.29, 1.82) is 0 Å². The number of para-hydroxylation sites is 2. The molecule has 128 heavy (non-hydrogen) atoms. The third-order valence-electron chi connectivity index (χ3n) is 25.8. The van der Waals surface area contributed by atoms with E-state index in [4.69, 9.17) is 29.4 Å². The van der Waals surface area contributed by atoms with Crippen LogP contribution in [0.25, 0.3) is 263 Å². The molecule has 0 bridgehead atoms. The minimum atomic E-state index is -0.437. The smallest absolute Gasteiger partial charge is 0.143 e. The molecule has 0 aliphatic carbocycles. The Morgan fingerprint density at radius 1 is 0.141 bits per heavy atom. The van der Waals surface area contributed by atoms with Crippen molar-refractivity contribution in [3.05, 3.63) is 473 Å². The fraction of sp³-hybridized carbons (Fsp3) is 0. The highest BCUT2D eigenvalue weighted by Crippen LogP contribution is 2.50. The number of hydrogen-bond acceptors (Lipinski definition) is 2. The average molecular weight is 1640 g/mol. The van der Waals surface area contributed by atoms with Crippen molar-refractivity contribution in [2.24, 2.45) is 0 Å². The Morgan fingerprint density at radius 3 is 1.06 bits per heavy atom. The average Bonchev–Trinajstić information content (AvgIpc) is 1.50. The molecule has 2 nitrogen and oxygen atoms in total. The molecule has 0 radical (unpaired) electrons. The Bertz CT molecular complexity index is 9800. The zero-order valence-electron chi connectivity index (χ0n) is 83.7. The number of rotatable bonds is 11. The second-order valence-corrected chi connectivity index (χ2v) is 32.7. The summed E-state index contributed by atoms with van der Waals surface area (Å²) >= 11 is 0. The fourth-order valence-corrected chi connectivity index (χ4v) is 20.0. The van der Waals surface area contributed by atoms with Gasteiger partial charge < -0.3 is 8.83 Å². The van der Waals surface area contributed by atoms with Gasteiger partial charge in [0.15, 0.2) is 0 Å². The lowest BCUT2D eigenvalue weighted by Crippen LogP contribution is -1.91. The second kappa shape index (κ2) is 30.6. The molecule has 2 aromatic heterocycles. The van der Waals surface area contributed by atoms with E-state index in [-0.39, 0.29) is 77.1 Å². The molecule has 0 fully saturated rings. The van der Waals surface area contributed by atoms with E-state index in [1.54, 1.807) is 6.07 Å². The van der Waals surface area contributed by atoms with Crippen molar-refractivity contribution in [2.45, 2.75) is 0 Å². The monoisotopic (exact) mass is 1640 g/mol. The minimum Gasteiger partial charge on any atom is -0.456 e. The van der Waals surface area contributed by atoms with Gasteiger partial charge in [0.05, 0.1) is 20.6 Å². The van der Waals surface area contributed by atoms with Crippen LogP contribution in [0.1, 0.15) is 20.6 Å². The van der Waals surface area contributed by atoms with E-state index in [0.29, 0.717) is 27.9 Å². The van der Waals surface area contributed by atoms with Crippen molar-refractivity contribution in [3.8, 4) is 122 Å². The van der Waals surface area contributed by atoms with Gasteiger partial charge >= 0.3 is 0 Å². The van der Waals surface area contributed by atoms with Gasteiger partial charge in [-0.15, -0.1) is 0 Å². The first-order valence-corrected chi connectivity index (χ1v) is 42.9. The zero-order valence-corrected chi connectivity index (χ0v) is 68.7. The fourth-order valence-electron chi connectivity index (χ4n) is 20.0. The van der Waals surface area contributed by atoms with Crippen molar-refractivity contribution in [3.63, 3.8) is 0 Å². The Kier molecular flexibility index (Phi) is 14.3. The highest BCUT2D eigenvalue weighted by molar-refractivity contribution is 6.25. The van der Waals surface area contributed by atoms with E-state index in [1.165, 1.54) is 38.1 Å². The van der Waals surface area contributed by atoms with E-state index in [2.05, 4.69) is 267 Å². The Morgan fingerprint density at radius 2 is 0.484 bits per heavy atom. The molecule has 0 N–H and O–H groups in total. The first kappa shape index (κ1) is 59.9. The molecule has 2 heterocycles. The molecule has 0 saturated heterocycles. The number of hydrogen-bond donors (Lipinski definition) is 0.